The van der Waals surface area contributed by atoms with E-state index in [4.69, 9.17) is 14.0 Å². The maximum atomic E-state index is 13.6. The first-order chi connectivity index (χ1) is 20.1. The van der Waals surface area contributed by atoms with Gasteiger partial charge in [0.1, 0.15) is 23.7 Å². The lowest BCUT2D eigenvalue weighted by Crippen LogP contribution is -2.50. The molecule has 12 nitrogen and oxygen atoms in total. The van der Waals surface area contributed by atoms with Crippen molar-refractivity contribution in [2.75, 3.05) is 49.8 Å². The van der Waals surface area contributed by atoms with E-state index >= 15 is 0 Å². The van der Waals surface area contributed by atoms with E-state index in [1.807, 2.05) is 32.0 Å². The van der Waals surface area contributed by atoms with Crippen molar-refractivity contribution in [3.63, 3.8) is 0 Å². The van der Waals surface area contributed by atoms with Crippen LogP contribution in [0.5, 0.6) is 5.75 Å². The number of nitrogens with one attached hydrogen (secondary N) is 3. The predicted molar refractivity (Wildman–Crippen MR) is 159 cm³/mol. The Labute approximate surface area is 245 Å². The zero-order valence-corrected chi connectivity index (χ0v) is 24.8. The van der Waals surface area contributed by atoms with Crippen molar-refractivity contribution in [2.24, 2.45) is 5.92 Å². The average Bonchev–Trinajstić information content (AvgIpc) is 3.28. The van der Waals surface area contributed by atoms with Gasteiger partial charge in [0.05, 0.1) is 17.7 Å². The fraction of sp³-hybridized carbons (Fsp3) is 0.400. The molecule has 0 aliphatic carbocycles. The fourth-order valence-corrected chi connectivity index (χ4v) is 4.79. The third-order valence-electron chi connectivity index (χ3n) is 7.26. The van der Waals surface area contributed by atoms with Gasteiger partial charge in [-0.2, -0.15) is 0 Å². The molecule has 4 rings (SSSR count). The van der Waals surface area contributed by atoms with Gasteiger partial charge >= 0.3 is 12.1 Å². The molecule has 5 amide bonds. The summed E-state index contributed by atoms with van der Waals surface area (Å²) in [7, 11) is 3.29. The molecule has 0 bridgehead atoms. The summed E-state index contributed by atoms with van der Waals surface area (Å²) in [4.78, 5) is 42.9. The number of urea groups is 2. The van der Waals surface area contributed by atoms with Gasteiger partial charge in [-0.15, -0.1) is 0 Å². The van der Waals surface area contributed by atoms with E-state index in [1.165, 1.54) is 0 Å². The molecule has 2 aromatic carbocycles. The molecule has 0 unspecified atom stereocenters. The lowest BCUT2D eigenvalue weighted by molar-refractivity contribution is 0.0174. The standard InChI is InChI=1S/C30H38N6O6/c1-18-15-36(30(39)33-27-20(3)34-42-21(27)4)19(2)17-41-25-14-23(32-29(38)31-22-10-8-7-9-11-22)12-13-24(25)28(37)35(5)16-26(18)40-6/h7-14,18-19,26H,15-17H2,1-6H3,(H,33,39)(H2,31,32,38)/t18-,19-,26-/m1/s1. The summed E-state index contributed by atoms with van der Waals surface area (Å²) in [5.41, 5.74) is 2.50. The number of likely N-dealkylation sites (N-methyl/N-ethyl adjacent to an activating group) is 1. The normalized spacial score (nSPS) is 19.6. The Morgan fingerprint density at radius 3 is 2.38 bits per heavy atom. The van der Waals surface area contributed by atoms with Gasteiger partial charge in [-0.25, -0.2) is 9.59 Å². The van der Waals surface area contributed by atoms with Crippen molar-refractivity contribution < 1.29 is 28.4 Å². The van der Waals surface area contributed by atoms with Gasteiger partial charge in [-0.1, -0.05) is 30.3 Å². The fourth-order valence-electron chi connectivity index (χ4n) is 4.79. The van der Waals surface area contributed by atoms with Crippen molar-refractivity contribution in [3.8, 4) is 5.75 Å². The van der Waals surface area contributed by atoms with Gasteiger partial charge < -0.3 is 39.7 Å². The van der Waals surface area contributed by atoms with Crippen LogP contribution < -0.4 is 20.7 Å². The van der Waals surface area contributed by atoms with E-state index in [-0.39, 0.29) is 36.3 Å². The Hall–Kier alpha value is -4.58. The third-order valence-corrected chi connectivity index (χ3v) is 7.26. The molecule has 1 aliphatic heterocycles. The van der Waals surface area contributed by atoms with Crippen molar-refractivity contribution in [1.82, 2.24) is 15.0 Å². The molecule has 42 heavy (non-hydrogen) atoms. The van der Waals surface area contributed by atoms with Crippen LogP contribution in [0.1, 0.15) is 35.7 Å². The molecule has 3 N–H and O–H groups in total. The number of methoxy groups -OCH3 is 1. The summed E-state index contributed by atoms with van der Waals surface area (Å²) in [5, 5.41) is 12.4. The number of para-hydroxylation sites is 1. The smallest absolute Gasteiger partial charge is 0.323 e. The second kappa shape index (κ2) is 13.4. The number of hydrogen-bond donors (Lipinski definition) is 3. The van der Waals surface area contributed by atoms with E-state index in [9.17, 15) is 14.4 Å². The zero-order valence-electron chi connectivity index (χ0n) is 24.8. The molecule has 2 heterocycles. The maximum absolute atomic E-state index is 13.6. The first-order valence-corrected chi connectivity index (χ1v) is 13.8. The Morgan fingerprint density at radius 1 is 1.00 bits per heavy atom. The van der Waals surface area contributed by atoms with Crippen molar-refractivity contribution >= 4 is 35.0 Å². The van der Waals surface area contributed by atoms with Crippen molar-refractivity contribution in [3.05, 3.63) is 65.5 Å². The summed E-state index contributed by atoms with van der Waals surface area (Å²) in [6.45, 7) is 8.07. The summed E-state index contributed by atoms with van der Waals surface area (Å²) in [6, 6.07) is 12.8. The molecule has 12 heteroatoms. The molecule has 3 aromatic rings. The predicted octanol–water partition coefficient (Wildman–Crippen LogP) is 4.97. The van der Waals surface area contributed by atoms with Crippen LogP contribution in [0.25, 0.3) is 0 Å². The topological polar surface area (TPSA) is 138 Å². The number of nitrogens with zero attached hydrogens (tertiary/aromatic N) is 3. The first kappa shape index (κ1) is 30.4. The number of amides is 5. The number of carbonyl (C=O) groups excluding carboxylic acids is 3. The van der Waals surface area contributed by atoms with Crippen LogP contribution in [-0.4, -0.2) is 78.9 Å². The number of fused-ring (bicyclic) bond motifs is 1. The molecule has 0 spiro atoms. The minimum Gasteiger partial charge on any atom is -0.491 e. The number of benzene rings is 2. The number of aryl methyl sites for hydroxylation is 2. The molecule has 0 saturated heterocycles. The van der Waals surface area contributed by atoms with E-state index in [1.54, 1.807) is 68.1 Å². The lowest BCUT2D eigenvalue weighted by atomic mass is 10.0. The van der Waals surface area contributed by atoms with Gasteiger partial charge in [-0.3, -0.25) is 4.79 Å². The largest absolute Gasteiger partial charge is 0.491 e. The number of anilines is 3. The number of carbonyl (C=O) groups is 3. The third kappa shape index (κ3) is 7.19. The van der Waals surface area contributed by atoms with Crippen LogP contribution in [-0.2, 0) is 4.74 Å². The Bertz CT molecular complexity index is 1390. The Kier molecular flexibility index (Phi) is 9.68. The average molecular weight is 579 g/mol. The number of ether oxygens (including phenoxy) is 2. The summed E-state index contributed by atoms with van der Waals surface area (Å²) < 4.78 is 17.2. The Balaban J connectivity index is 1.61. The highest BCUT2D eigenvalue weighted by Gasteiger charge is 2.31. The van der Waals surface area contributed by atoms with Gasteiger partial charge in [0.25, 0.3) is 5.91 Å². The van der Waals surface area contributed by atoms with Crippen LogP contribution >= 0.6 is 0 Å². The first-order valence-electron chi connectivity index (χ1n) is 13.8. The summed E-state index contributed by atoms with van der Waals surface area (Å²) in [6.07, 6.45) is -0.341. The summed E-state index contributed by atoms with van der Waals surface area (Å²) in [5.74, 6) is 0.426. The SMILES string of the molecule is CO[C@@H]1CN(C)C(=O)c2ccc(NC(=O)Nc3ccccc3)cc2OC[C@@H](C)N(C(=O)Nc2c(C)noc2C)C[C@H]1C. The molecule has 0 saturated carbocycles. The minimum absolute atomic E-state index is 0.0864. The van der Waals surface area contributed by atoms with E-state index in [0.29, 0.717) is 47.2 Å². The Morgan fingerprint density at radius 2 is 1.71 bits per heavy atom. The monoisotopic (exact) mass is 578 g/mol. The number of hydrogen-bond acceptors (Lipinski definition) is 7. The van der Waals surface area contributed by atoms with Crippen LogP contribution in [0.3, 0.4) is 0 Å². The molecule has 1 aliphatic rings. The minimum atomic E-state index is -0.440. The van der Waals surface area contributed by atoms with Crippen LogP contribution in [0.2, 0.25) is 0 Å². The molecule has 224 valence electrons. The molecule has 0 fully saturated rings. The quantitative estimate of drug-likeness (QED) is 0.397. The number of aromatic nitrogens is 1. The summed E-state index contributed by atoms with van der Waals surface area (Å²) >= 11 is 0. The van der Waals surface area contributed by atoms with Crippen LogP contribution in [0.15, 0.2) is 53.1 Å². The molecular formula is C30H38N6O6. The highest BCUT2D eigenvalue weighted by Crippen LogP contribution is 2.27. The van der Waals surface area contributed by atoms with Gasteiger partial charge in [0, 0.05) is 50.6 Å². The second-order valence-electron chi connectivity index (χ2n) is 10.5. The molecule has 3 atom stereocenters. The van der Waals surface area contributed by atoms with Crippen molar-refractivity contribution in [1.29, 1.82) is 0 Å². The molecular weight excluding hydrogens is 540 g/mol. The highest BCUT2D eigenvalue weighted by molar-refractivity contribution is 6.01. The highest BCUT2D eigenvalue weighted by atomic mass is 16.5. The molecule has 1 aromatic heterocycles. The van der Waals surface area contributed by atoms with Gasteiger partial charge in [-0.05, 0) is 45.0 Å². The van der Waals surface area contributed by atoms with Gasteiger partial charge in [0.2, 0.25) is 0 Å². The van der Waals surface area contributed by atoms with Crippen LogP contribution in [0.4, 0.5) is 26.7 Å². The molecule has 0 radical (unpaired) electrons. The van der Waals surface area contributed by atoms with E-state index in [2.05, 4.69) is 21.1 Å². The maximum Gasteiger partial charge on any atom is 0.323 e. The van der Waals surface area contributed by atoms with E-state index in [0.717, 1.165) is 0 Å². The number of rotatable bonds is 4. The van der Waals surface area contributed by atoms with Crippen LogP contribution in [0, 0.1) is 19.8 Å². The second-order valence-corrected chi connectivity index (χ2v) is 10.5. The van der Waals surface area contributed by atoms with E-state index < -0.39 is 12.1 Å². The van der Waals surface area contributed by atoms with Gasteiger partial charge in [0.15, 0.2) is 5.76 Å². The van der Waals surface area contributed by atoms with Crippen molar-refractivity contribution in [2.45, 2.75) is 39.8 Å². The lowest BCUT2D eigenvalue weighted by Gasteiger charge is -2.36. The zero-order chi connectivity index (χ0) is 30.4.